The van der Waals surface area contributed by atoms with Gasteiger partial charge >= 0.3 is 0 Å². The van der Waals surface area contributed by atoms with E-state index in [1.807, 2.05) is 64.9 Å². The number of nitrogens with zero attached hydrogens (tertiary/aromatic N) is 4. The van der Waals surface area contributed by atoms with Crippen LogP contribution >= 0.6 is 11.8 Å². The first kappa shape index (κ1) is 20.5. The van der Waals surface area contributed by atoms with E-state index in [0.29, 0.717) is 17.5 Å². The Balaban J connectivity index is 1.48. The maximum absolute atomic E-state index is 13.6. The third kappa shape index (κ3) is 3.80. The van der Waals surface area contributed by atoms with Crippen LogP contribution in [0, 0.1) is 5.82 Å². The zero-order chi connectivity index (χ0) is 22.1. The molecule has 3 aromatic carbocycles. The average molecular weight is 445 g/mol. The fourth-order valence-electron chi connectivity index (χ4n) is 3.94. The zero-order valence-corrected chi connectivity index (χ0v) is 18.3. The van der Waals surface area contributed by atoms with Crippen LogP contribution in [-0.4, -0.2) is 32.5 Å². The van der Waals surface area contributed by atoms with Crippen molar-refractivity contribution in [3.8, 4) is 17.1 Å². The van der Waals surface area contributed by atoms with Gasteiger partial charge in [-0.1, -0.05) is 60.3 Å². The van der Waals surface area contributed by atoms with E-state index in [-0.39, 0.29) is 17.0 Å². The van der Waals surface area contributed by atoms with Crippen molar-refractivity contribution in [2.24, 2.45) is 0 Å². The average Bonchev–Trinajstić information content (AvgIpc) is 3.44. The fourth-order valence-corrected chi connectivity index (χ4v) is 4.87. The molecule has 32 heavy (non-hydrogen) atoms. The molecule has 0 saturated heterocycles. The summed E-state index contributed by atoms with van der Waals surface area (Å²) in [5, 5.41) is 9.02. The Hall–Kier alpha value is -3.45. The SMILES string of the molecule is CC(Sc1nnc(-c2ccccc2)n1-c1ccc(F)cc1)C(=O)N1CCc2ccccc21. The molecule has 1 amide bonds. The first-order chi connectivity index (χ1) is 15.6. The minimum atomic E-state index is -0.367. The van der Waals surface area contributed by atoms with Gasteiger partial charge in [0.25, 0.3) is 0 Å². The van der Waals surface area contributed by atoms with Gasteiger partial charge in [-0.05, 0) is 49.2 Å². The highest BCUT2D eigenvalue weighted by Gasteiger charge is 2.30. The van der Waals surface area contributed by atoms with Gasteiger partial charge in [-0.25, -0.2) is 4.39 Å². The van der Waals surface area contributed by atoms with Crippen LogP contribution in [-0.2, 0) is 11.2 Å². The Morgan fingerprint density at radius 3 is 2.47 bits per heavy atom. The highest BCUT2D eigenvalue weighted by Crippen LogP contribution is 2.33. The molecule has 0 bridgehead atoms. The second-order valence-corrected chi connectivity index (χ2v) is 8.92. The van der Waals surface area contributed by atoms with Crippen LogP contribution in [0.3, 0.4) is 0 Å². The molecule has 1 aliphatic rings. The monoisotopic (exact) mass is 444 g/mol. The van der Waals surface area contributed by atoms with E-state index in [0.717, 1.165) is 23.4 Å². The summed E-state index contributed by atoms with van der Waals surface area (Å²) in [4.78, 5) is 15.1. The lowest BCUT2D eigenvalue weighted by Gasteiger charge is -2.21. The van der Waals surface area contributed by atoms with Crippen molar-refractivity contribution in [1.82, 2.24) is 14.8 Å². The maximum atomic E-state index is 13.6. The van der Waals surface area contributed by atoms with E-state index in [9.17, 15) is 9.18 Å². The third-order valence-corrected chi connectivity index (χ3v) is 6.56. The number of amides is 1. The Bertz CT molecular complexity index is 1260. The fraction of sp³-hybridized carbons (Fsp3) is 0.160. The van der Waals surface area contributed by atoms with E-state index in [4.69, 9.17) is 0 Å². The predicted molar refractivity (Wildman–Crippen MR) is 125 cm³/mol. The molecule has 0 saturated carbocycles. The van der Waals surface area contributed by atoms with Crippen molar-refractivity contribution < 1.29 is 9.18 Å². The first-order valence-electron chi connectivity index (χ1n) is 10.4. The van der Waals surface area contributed by atoms with Crippen molar-refractivity contribution in [2.45, 2.75) is 23.8 Å². The summed E-state index contributed by atoms with van der Waals surface area (Å²) in [5.41, 5.74) is 3.81. The summed E-state index contributed by atoms with van der Waals surface area (Å²) in [6.07, 6.45) is 0.864. The molecule has 5 rings (SSSR count). The summed E-state index contributed by atoms with van der Waals surface area (Å²) < 4.78 is 15.4. The minimum absolute atomic E-state index is 0.0369. The Kier molecular flexibility index (Phi) is 5.49. The molecule has 1 unspecified atom stereocenters. The number of fused-ring (bicyclic) bond motifs is 1. The highest BCUT2D eigenvalue weighted by molar-refractivity contribution is 8.00. The molecule has 5 nitrogen and oxygen atoms in total. The standard InChI is InChI=1S/C25H21FN4OS/c1-17(24(31)29-16-15-18-7-5-6-10-22(18)29)32-25-28-27-23(19-8-3-2-4-9-19)30(25)21-13-11-20(26)12-14-21/h2-14,17H,15-16H2,1H3. The van der Waals surface area contributed by atoms with Crippen molar-refractivity contribution >= 4 is 23.4 Å². The van der Waals surface area contributed by atoms with Crippen LogP contribution in [0.4, 0.5) is 10.1 Å². The number of rotatable bonds is 5. The van der Waals surface area contributed by atoms with E-state index in [1.165, 1.54) is 29.5 Å². The summed E-state index contributed by atoms with van der Waals surface area (Å²) in [6, 6.07) is 23.9. The summed E-state index contributed by atoms with van der Waals surface area (Å²) in [5.74, 6) is 0.370. The zero-order valence-electron chi connectivity index (χ0n) is 17.5. The smallest absolute Gasteiger partial charge is 0.240 e. The first-order valence-corrected chi connectivity index (χ1v) is 11.3. The predicted octanol–water partition coefficient (Wildman–Crippen LogP) is 5.14. The molecular formula is C25H21FN4OS. The molecule has 2 heterocycles. The highest BCUT2D eigenvalue weighted by atomic mass is 32.2. The van der Waals surface area contributed by atoms with Gasteiger partial charge in [0.2, 0.25) is 5.91 Å². The molecule has 0 N–H and O–H groups in total. The van der Waals surface area contributed by atoms with Gasteiger partial charge in [0.15, 0.2) is 11.0 Å². The number of halogens is 1. The number of aromatic nitrogens is 3. The molecule has 160 valence electrons. The van der Waals surface area contributed by atoms with Crippen LogP contribution in [0.25, 0.3) is 17.1 Å². The van der Waals surface area contributed by atoms with Gasteiger partial charge < -0.3 is 4.90 Å². The van der Waals surface area contributed by atoms with E-state index >= 15 is 0 Å². The lowest BCUT2D eigenvalue weighted by Crippen LogP contribution is -2.35. The Morgan fingerprint density at radius 2 is 1.69 bits per heavy atom. The Morgan fingerprint density at radius 1 is 0.969 bits per heavy atom. The number of carbonyl (C=O) groups is 1. The van der Waals surface area contributed by atoms with Gasteiger partial charge in [0.1, 0.15) is 5.82 Å². The molecule has 1 aliphatic heterocycles. The molecule has 7 heteroatoms. The third-order valence-electron chi connectivity index (χ3n) is 5.53. The second-order valence-electron chi connectivity index (χ2n) is 7.61. The molecule has 4 aromatic rings. The normalized spacial score (nSPS) is 13.8. The number of benzene rings is 3. The number of hydrogen-bond donors (Lipinski definition) is 0. The molecule has 0 fully saturated rings. The molecule has 0 spiro atoms. The number of hydrogen-bond acceptors (Lipinski definition) is 4. The molecule has 1 atom stereocenters. The topological polar surface area (TPSA) is 51.0 Å². The van der Waals surface area contributed by atoms with E-state index < -0.39 is 0 Å². The minimum Gasteiger partial charge on any atom is -0.311 e. The van der Waals surface area contributed by atoms with Crippen molar-refractivity contribution in [3.05, 3.63) is 90.2 Å². The van der Waals surface area contributed by atoms with Crippen LogP contribution in [0.1, 0.15) is 12.5 Å². The van der Waals surface area contributed by atoms with Gasteiger partial charge in [-0.3, -0.25) is 9.36 Å². The summed E-state index contributed by atoms with van der Waals surface area (Å²) in [6.45, 7) is 2.57. The lowest BCUT2D eigenvalue weighted by atomic mass is 10.2. The van der Waals surface area contributed by atoms with Crippen molar-refractivity contribution in [1.29, 1.82) is 0 Å². The van der Waals surface area contributed by atoms with Gasteiger partial charge in [0, 0.05) is 23.5 Å². The van der Waals surface area contributed by atoms with Crippen LogP contribution < -0.4 is 4.90 Å². The van der Waals surface area contributed by atoms with Crippen LogP contribution in [0.2, 0.25) is 0 Å². The van der Waals surface area contributed by atoms with Crippen LogP contribution in [0.15, 0.2) is 84.0 Å². The summed E-state index contributed by atoms with van der Waals surface area (Å²) >= 11 is 1.36. The lowest BCUT2D eigenvalue weighted by molar-refractivity contribution is -0.117. The molecule has 0 aliphatic carbocycles. The van der Waals surface area contributed by atoms with Gasteiger partial charge in [0.05, 0.1) is 5.25 Å². The molecular weight excluding hydrogens is 423 g/mol. The van der Waals surface area contributed by atoms with Crippen LogP contribution in [0.5, 0.6) is 0 Å². The Labute approximate surface area is 189 Å². The second kappa shape index (κ2) is 8.59. The number of anilines is 1. The van der Waals surface area contributed by atoms with E-state index in [2.05, 4.69) is 16.3 Å². The van der Waals surface area contributed by atoms with E-state index in [1.54, 1.807) is 12.1 Å². The quantitative estimate of drug-likeness (QED) is 0.400. The maximum Gasteiger partial charge on any atom is 0.240 e. The molecule has 0 radical (unpaired) electrons. The largest absolute Gasteiger partial charge is 0.311 e. The van der Waals surface area contributed by atoms with Gasteiger partial charge in [-0.15, -0.1) is 10.2 Å². The molecule has 1 aromatic heterocycles. The summed E-state index contributed by atoms with van der Waals surface area (Å²) in [7, 11) is 0. The number of carbonyl (C=O) groups excluding carboxylic acids is 1. The van der Waals surface area contributed by atoms with Crippen molar-refractivity contribution in [2.75, 3.05) is 11.4 Å². The van der Waals surface area contributed by atoms with Crippen molar-refractivity contribution in [3.63, 3.8) is 0 Å². The number of para-hydroxylation sites is 1. The number of thioether (sulfide) groups is 1. The van der Waals surface area contributed by atoms with Gasteiger partial charge in [-0.2, -0.15) is 0 Å².